The maximum absolute atomic E-state index is 11.2. The van der Waals surface area contributed by atoms with Gasteiger partial charge in [0.05, 0.1) is 16.6 Å². The molecule has 0 radical (unpaired) electrons. The number of anilines is 1. The maximum Gasteiger partial charge on any atom is 0.407 e. The van der Waals surface area contributed by atoms with E-state index in [0.717, 1.165) is 11.9 Å². The lowest BCUT2D eigenvalue weighted by atomic mass is 10.2. The van der Waals surface area contributed by atoms with Gasteiger partial charge in [0.1, 0.15) is 6.33 Å². The molecule has 1 fully saturated rings. The lowest BCUT2D eigenvalue weighted by Gasteiger charge is -2.22. The summed E-state index contributed by atoms with van der Waals surface area (Å²) < 4.78 is 1.80. The first kappa shape index (κ1) is 14.9. The first-order valence-corrected chi connectivity index (χ1v) is 7.78. The third-order valence-corrected chi connectivity index (χ3v) is 4.55. The molecular formula is C14H14ClN7O2. The molecule has 0 saturated carbocycles. The zero-order valence-corrected chi connectivity index (χ0v) is 13.6. The summed E-state index contributed by atoms with van der Waals surface area (Å²) in [4.78, 5) is 23.4. The Morgan fingerprint density at radius 1 is 1.50 bits per heavy atom. The largest absolute Gasteiger partial charge is 0.465 e. The normalized spacial score (nSPS) is 17.8. The van der Waals surface area contributed by atoms with Gasteiger partial charge in [-0.2, -0.15) is 0 Å². The van der Waals surface area contributed by atoms with E-state index in [1.54, 1.807) is 30.0 Å². The summed E-state index contributed by atoms with van der Waals surface area (Å²) in [5, 5.41) is 17.8. The van der Waals surface area contributed by atoms with Crippen LogP contribution in [0.5, 0.6) is 0 Å². The van der Waals surface area contributed by atoms with Gasteiger partial charge in [-0.1, -0.05) is 11.6 Å². The number of aromatic nitrogens is 5. The Labute approximate surface area is 141 Å². The van der Waals surface area contributed by atoms with E-state index in [1.807, 2.05) is 4.90 Å². The first-order chi connectivity index (χ1) is 11.5. The van der Waals surface area contributed by atoms with Crippen LogP contribution in [0, 0.1) is 0 Å². The van der Waals surface area contributed by atoms with Crippen molar-refractivity contribution < 1.29 is 9.90 Å². The van der Waals surface area contributed by atoms with Gasteiger partial charge in [0.2, 0.25) is 5.65 Å². The number of halogens is 1. The van der Waals surface area contributed by atoms with Gasteiger partial charge >= 0.3 is 6.09 Å². The van der Waals surface area contributed by atoms with Gasteiger partial charge in [-0.05, 0) is 12.5 Å². The Morgan fingerprint density at radius 2 is 2.33 bits per heavy atom. The minimum Gasteiger partial charge on any atom is -0.465 e. The highest BCUT2D eigenvalue weighted by molar-refractivity contribution is 6.31. The molecule has 1 aliphatic heterocycles. The van der Waals surface area contributed by atoms with E-state index >= 15 is 0 Å². The number of hydrogen-bond acceptors (Lipinski definition) is 6. The fourth-order valence-electron chi connectivity index (χ4n) is 3.02. The monoisotopic (exact) mass is 347 g/mol. The van der Waals surface area contributed by atoms with Crippen molar-refractivity contribution in [2.75, 3.05) is 25.0 Å². The molecule has 0 bridgehead atoms. The Bertz CT molecular complexity index is 943. The Hall–Kier alpha value is -2.68. The van der Waals surface area contributed by atoms with E-state index in [9.17, 15) is 4.79 Å². The molecule has 1 amide bonds. The summed E-state index contributed by atoms with van der Waals surface area (Å²) in [5.41, 5.74) is 1.87. The third kappa shape index (κ3) is 2.28. The SMILES string of the molecule is CN(C(=O)O)C1CCN(c2nc3ncc(Cl)cc3n3cnnc23)C1. The lowest BCUT2D eigenvalue weighted by Crippen LogP contribution is -2.38. The van der Waals surface area contributed by atoms with Crippen LogP contribution in [0.2, 0.25) is 5.02 Å². The molecule has 124 valence electrons. The molecule has 4 heterocycles. The maximum atomic E-state index is 11.2. The Kier molecular flexibility index (Phi) is 3.38. The fourth-order valence-corrected chi connectivity index (χ4v) is 3.17. The van der Waals surface area contributed by atoms with E-state index in [2.05, 4.69) is 20.2 Å². The van der Waals surface area contributed by atoms with Crippen LogP contribution in [0.15, 0.2) is 18.6 Å². The molecule has 1 N–H and O–H groups in total. The summed E-state index contributed by atoms with van der Waals surface area (Å²) in [7, 11) is 1.58. The number of rotatable bonds is 2. The summed E-state index contributed by atoms with van der Waals surface area (Å²) in [5.74, 6) is 0.649. The lowest BCUT2D eigenvalue weighted by molar-refractivity contribution is 0.142. The van der Waals surface area contributed by atoms with Gasteiger partial charge < -0.3 is 14.9 Å². The Morgan fingerprint density at radius 3 is 3.12 bits per heavy atom. The molecular weight excluding hydrogens is 334 g/mol. The van der Waals surface area contributed by atoms with Crippen LogP contribution in [0.4, 0.5) is 10.6 Å². The number of amides is 1. The quantitative estimate of drug-likeness (QED) is 0.750. The summed E-state index contributed by atoms with van der Waals surface area (Å²) in [6.45, 7) is 1.24. The third-order valence-electron chi connectivity index (χ3n) is 4.35. The molecule has 1 unspecified atom stereocenters. The van der Waals surface area contributed by atoms with E-state index in [-0.39, 0.29) is 6.04 Å². The molecule has 0 aromatic carbocycles. The van der Waals surface area contributed by atoms with Crippen molar-refractivity contribution in [2.45, 2.75) is 12.5 Å². The van der Waals surface area contributed by atoms with Crippen LogP contribution in [0.1, 0.15) is 6.42 Å². The van der Waals surface area contributed by atoms with Crippen LogP contribution < -0.4 is 4.90 Å². The molecule has 4 rings (SSSR count). The molecule has 3 aromatic rings. The summed E-state index contributed by atoms with van der Waals surface area (Å²) in [6, 6.07) is 1.68. The second kappa shape index (κ2) is 5.45. The first-order valence-electron chi connectivity index (χ1n) is 7.40. The van der Waals surface area contributed by atoms with Crippen LogP contribution in [0.25, 0.3) is 16.8 Å². The number of carboxylic acid groups (broad SMARTS) is 1. The number of pyridine rings is 1. The average molecular weight is 348 g/mol. The standard InChI is InChI=1S/C14H14ClN7O2/c1-20(14(23)24)9-2-3-21(6-9)12-13-19-17-7-22(13)10-4-8(15)5-16-11(10)18-12/h4-5,7,9H,2-3,6H2,1H3,(H,23,24). The van der Waals surface area contributed by atoms with Crippen LogP contribution in [0.3, 0.4) is 0 Å². The van der Waals surface area contributed by atoms with Crippen molar-refractivity contribution in [1.82, 2.24) is 29.5 Å². The highest BCUT2D eigenvalue weighted by Gasteiger charge is 2.30. The molecule has 0 spiro atoms. The van der Waals surface area contributed by atoms with Crippen molar-refractivity contribution in [3.63, 3.8) is 0 Å². The topological polar surface area (TPSA) is 99.8 Å². The van der Waals surface area contributed by atoms with Crippen molar-refractivity contribution in [3.8, 4) is 0 Å². The highest BCUT2D eigenvalue weighted by atomic mass is 35.5. The van der Waals surface area contributed by atoms with Crippen molar-refractivity contribution in [2.24, 2.45) is 0 Å². The number of likely N-dealkylation sites (N-methyl/N-ethyl adjacent to an activating group) is 1. The second-order valence-corrected chi connectivity index (χ2v) is 6.17. The zero-order valence-electron chi connectivity index (χ0n) is 12.8. The van der Waals surface area contributed by atoms with Crippen LogP contribution >= 0.6 is 11.6 Å². The second-order valence-electron chi connectivity index (χ2n) is 5.74. The van der Waals surface area contributed by atoms with Gasteiger partial charge in [0.25, 0.3) is 0 Å². The average Bonchev–Trinajstić information content (AvgIpc) is 3.23. The van der Waals surface area contributed by atoms with Gasteiger partial charge in [0.15, 0.2) is 11.5 Å². The van der Waals surface area contributed by atoms with E-state index in [4.69, 9.17) is 16.7 Å². The minimum atomic E-state index is -0.933. The Balaban J connectivity index is 1.78. The molecule has 0 aliphatic carbocycles. The van der Waals surface area contributed by atoms with E-state index in [0.29, 0.717) is 35.2 Å². The number of hydrogen-bond donors (Lipinski definition) is 1. The minimum absolute atomic E-state index is 0.0823. The van der Waals surface area contributed by atoms with Crippen LogP contribution in [-0.2, 0) is 0 Å². The molecule has 9 nitrogen and oxygen atoms in total. The molecule has 10 heteroatoms. The van der Waals surface area contributed by atoms with Gasteiger partial charge in [-0.15, -0.1) is 10.2 Å². The predicted molar refractivity (Wildman–Crippen MR) is 87.5 cm³/mol. The molecule has 1 saturated heterocycles. The summed E-state index contributed by atoms with van der Waals surface area (Å²) in [6.07, 6.45) is 2.94. The molecule has 3 aromatic heterocycles. The van der Waals surface area contributed by atoms with Crippen LogP contribution in [-0.4, -0.2) is 66.8 Å². The van der Waals surface area contributed by atoms with Crippen molar-refractivity contribution >= 4 is 40.3 Å². The number of fused-ring (bicyclic) bond motifs is 3. The number of carbonyl (C=O) groups is 1. The molecule has 1 atom stereocenters. The van der Waals surface area contributed by atoms with Gasteiger partial charge in [-0.3, -0.25) is 4.40 Å². The van der Waals surface area contributed by atoms with Gasteiger partial charge in [-0.25, -0.2) is 14.8 Å². The smallest absolute Gasteiger partial charge is 0.407 e. The number of nitrogens with zero attached hydrogens (tertiary/aromatic N) is 7. The predicted octanol–water partition coefficient (Wildman–Crippen LogP) is 1.51. The van der Waals surface area contributed by atoms with Crippen molar-refractivity contribution in [1.29, 1.82) is 0 Å². The zero-order chi connectivity index (χ0) is 16.8. The molecule has 24 heavy (non-hydrogen) atoms. The fraction of sp³-hybridized carbons (Fsp3) is 0.357. The molecule has 1 aliphatic rings. The van der Waals surface area contributed by atoms with Crippen molar-refractivity contribution in [3.05, 3.63) is 23.6 Å². The van der Waals surface area contributed by atoms with E-state index in [1.165, 1.54) is 4.90 Å². The van der Waals surface area contributed by atoms with Gasteiger partial charge in [0, 0.05) is 26.3 Å². The van der Waals surface area contributed by atoms with E-state index < -0.39 is 6.09 Å². The highest BCUT2D eigenvalue weighted by Crippen LogP contribution is 2.27. The summed E-state index contributed by atoms with van der Waals surface area (Å²) >= 11 is 6.02.